The number of rotatable bonds is 8. The van der Waals surface area contributed by atoms with Gasteiger partial charge in [-0.3, -0.25) is 0 Å². The highest BCUT2D eigenvalue weighted by Gasteiger charge is 2.41. The summed E-state index contributed by atoms with van der Waals surface area (Å²) in [5.41, 5.74) is 0. The van der Waals surface area contributed by atoms with E-state index < -0.39 is 12.1 Å². The highest BCUT2D eigenvalue weighted by atomic mass is 19.4. The molecule has 0 spiro atoms. The van der Waals surface area contributed by atoms with Crippen LogP contribution in [0.4, 0.5) is 13.2 Å². The molecule has 1 unspecified atom stereocenters. The SMILES string of the molecule is CCCCCCNCCN1CCCC(C(F)(F)F)C1. The third kappa shape index (κ3) is 7.16. The average molecular weight is 280 g/mol. The Kier molecular flexibility index (Phi) is 7.76. The number of alkyl halides is 3. The lowest BCUT2D eigenvalue weighted by Crippen LogP contribution is -2.44. The molecule has 0 aliphatic carbocycles. The summed E-state index contributed by atoms with van der Waals surface area (Å²) in [5, 5.41) is 3.32. The monoisotopic (exact) mass is 280 g/mol. The van der Waals surface area contributed by atoms with Crippen molar-refractivity contribution in [3.05, 3.63) is 0 Å². The van der Waals surface area contributed by atoms with Crippen LogP contribution in [-0.4, -0.2) is 43.8 Å². The Morgan fingerprint density at radius 3 is 2.63 bits per heavy atom. The van der Waals surface area contributed by atoms with Crippen LogP contribution in [0.5, 0.6) is 0 Å². The third-order valence-corrected chi connectivity index (χ3v) is 3.78. The molecule has 19 heavy (non-hydrogen) atoms. The molecule has 0 saturated carbocycles. The van der Waals surface area contributed by atoms with Crippen LogP contribution in [0.15, 0.2) is 0 Å². The molecule has 1 atom stereocenters. The van der Waals surface area contributed by atoms with Crippen molar-refractivity contribution in [2.75, 3.05) is 32.7 Å². The van der Waals surface area contributed by atoms with Gasteiger partial charge in [-0.2, -0.15) is 13.2 Å². The largest absolute Gasteiger partial charge is 0.393 e. The lowest BCUT2D eigenvalue weighted by molar-refractivity contribution is -0.186. The van der Waals surface area contributed by atoms with Crippen molar-refractivity contribution in [3.63, 3.8) is 0 Å². The Bertz CT molecular complexity index is 231. The van der Waals surface area contributed by atoms with Gasteiger partial charge in [-0.25, -0.2) is 0 Å². The molecule has 0 aromatic rings. The summed E-state index contributed by atoms with van der Waals surface area (Å²) in [6.45, 7) is 5.69. The van der Waals surface area contributed by atoms with E-state index in [9.17, 15) is 13.2 Å². The van der Waals surface area contributed by atoms with Crippen LogP contribution in [-0.2, 0) is 0 Å². The van der Waals surface area contributed by atoms with Crippen LogP contribution in [0.1, 0.15) is 45.4 Å². The van der Waals surface area contributed by atoms with Gasteiger partial charge in [0, 0.05) is 19.6 Å². The summed E-state index contributed by atoms with van der Waals surface area (Å²) in [7, 11) is 0. The van der Waals surface area contributed by atoms with E-state index in [-0.39, 0.29) is 6.54 Å². The van der Waals surface area contributed by atoms with Crippen LogP contribution in [0.3, 0.4) is 0 Å². The van der Waals surface area contributed by atoms with E-state index in [1.54, 1.807) is 0 Å². The maximum atomic E-state index is 12.6. The van der Waals surface area contributed by atoms with E-state index in [0.717, 1.165) is 26.2 Å². The first-order valence-electron chi connectivity index (χ1n) is 7.54. The van der Waals surface area contributed by atoms with E-state index in [2.05, 4.69) is 12.2 Å². The number of hydrogen-bond donors (Lipinski definition) is 1. The van der Waals surface area contributed by atoms with Gasteiger partial charge in [0.05, 0.1) is 5.92 Å². The molecule has 1 aliphatic heterocycles. The van der Waals surface area contributed by atoms with Crippen molar-refractivity contribution in [1.82, 2.24) is 10.2 Å². The van der Waals surface area contributed by atoms with Crippen LogP contribution in [0, 0.1) is 5.92 Å². The molecule has 0 aromatic carbocycles. The number of nitrogens with one attached hydrogen (secondary N) is 1. The number of piperidine rings is 1. The molecule has 0 radical (unpaired) electrons. The van der Waals surface area contributed by atoms with E-state index in [0.29, 0.717) is 12.8 Å². The lowest BCUT2D eigenvalue weighted by Gasteiger charge is -2.33. The van der Waals surface area contributed by atoms with Gasteiger partial charge < -0.3 is 10.2 Å². The molecule has 0 bridgehead atoms. The first-order chi connectivity index (χ1) is 9.04. The summed E-state index contributed by atoms with van der Waals surface area (Å²) in [5.74, 6) is -1.12. The van der Waals surface area contributed by atoms with Crippen LogP contribution in [0.2, 0.25) is 0 Å². The second-order valence-corrected chi connectivity index (χ2v) is 5.49. The number of nitrogens with zero attached hydrogens (tertiary/aromatic N) is 1. The molecule has 1 saturated heterocycles. The van der Waals surface area contributed by atoms with Crippen LogP contribution in [0.25, 0.3) is 0 Å². The molecule has 5 heteroatoms. The number of halogens is 3. The van der Waals surface area contributed by atoms with Crippen molar-refractivity contribution in [2.45, 2.75) is 51.6 Å². The van der Waals surface area contributed by atoms with Crippen molar-refractivity contribution in [3.8, 4) is 0 Å². The van der Waals surface area contributed by atoms with E-state index >= 15 is 0 Å². The lowest BCUT2D eigenvalue weighted by atomic mass is 9.97. The predicted molar refractivity (Wildman–Crippen MR) is 72.2 cm³/mol. The molecular formula is C14H27F3N2. The summed E-state index contributed by atoms with van der Waals surface area (Å²) in [6.07, 6.45) is 1.84. The summed E-state index contributed by atoms with van der Waals surface area (Å²) >= 11 is 0. The minimum atomic E-state index is -4.02. The Balaban J connectivity index is 2.06. The summed E-state index contributed by atoms with van der Waals surface area (Å²) < 4.78 is 37.9. The molecular weight excluding hydrogens is 253 g/mol. The maximum absolute atomic E-state index is 12.6. The predicted octanol–water partition coefficient (Wildman–Crippen LogP) is 3.43. The van der Waals surface area contributed by atoms with E-state index in [1.807, 2.05) is 4.90 Å². The second kappa shape index (κ2) is 8.80. The molecule has 2 nitrogen and oxygen atoms in total. The Morgan fingerprint density at radius 2 is 1.95 bits per heavy atom. The summed E-state index contributed by atoms with van der Waals surface area (Å²) in [6, 6.07) is 0. The number of hydrogen-bond acceptors (Lipinski definition) is 2. The summed E-state index contributed by atoms with van der Waals surface area (Å²) in [4.78, 5) is 1.95. The second-order valence-electron chi connectivity index (χ2n) is 5.49. The van der Waals surface area contributed by atoms with Gasteiger partial charge in [0.15, 0.2) is 0 Å². The first-order valence-corrected chi connectivity index (χ1v) is 7.54. The van der Waals surface area contributed by atoms with Gasteiger partial charge in [-0.1, -0.05) is 26.2 Å². The zero-order valence-corrected chi connectivity index (χ0v) is 11.9. The van der Waals surface area contributed by atoms with Gasteiger partial charge in [0.2, 0.25) is 0 Å². The van der Waals surface area contributed by atoms with Crippen molar-refractivity contribution < 1.29 is 13.2 Å². The number of unbranched alkanes of at least 4 members (excludes halogenated alkanes) is 3. The maximum Gasteiger partial charge on any atom is 0.393 e. The van der Waals surface area contributed by atoms with Crippen molar-refractivity contribution >= 4 is 0 Å². The zero-order chi connectivity index (χ0) is 14.1. The zero-order valence-electron chi connectivity index (χ0n) is 11.9. The molecule has 114 valence electrons. The molecule has 0 aromatic heterocycles. The van der Waals surface area contributed by atoms with Gasteiger partial charge in [0.25, 0.3) is 0 Å². The third-order valence-electron chi connectivity index (χ3n) is 3.78. The van der Waals surface area contributed by atoms with Gasteiger partial charge >= 0.3 is 6.18 Å². The standard InChI is InChI=1S/C14H27F3N2/c1-2-3-4-5-8-18-9-11-19-10-6-7-13(12-19)14(15,16)17/h13,18H,2-12H2,1H3. The Morgan fingerprint density at radius 1 is 1.16 bits per heavy atom. The molecule has 1 aliphatic rings. The average Bonchev–Trinajstić information content (AvgIpc) is 2.37. The van der Waals surface area contributed by atoms with Gasteiger partial charge in [0.1, 0.15) is 0 Å². The minimum absolute atomic E-state index is 0.182. The first kappa shape index (κ1) is 16.8. The smallest absolute Gasteiger partial charge is 0.315 e. The fourth-order valence-corrected chi connectivity index (χ4v) is 2.56. The highest BCUT2D eigenvalue weighted by molar-refractivity contribution is 4.78. The fourth-order valence-electron chi connectivity index (χ4n) is 2.56. The molecule has 1 heterocycles. The number of likely N-dealkylation sites (tertiary alicyclic amines) is 1. The topological polar surface area (TPSA) is 15.3 Å². The molecule has 1 rings (SSSR count). The van der Waals surface area contributed by atoms with E-state index in [4.69, 9.17) is 0 Å². The molecule has 0 amide bonds. The van der Waals surface area contributed by atoms with Crippen molar-refractivity contribution in [2.24, 2.45) is 5.92 Å². The Labute approximate surface area is 114 Å². The fraction of sp³-hybridized carbons (Fsp3) is 1.00. The Hall–Kier alpha value is -0.290. The van der Waals surface area contributed by atoms with Crippen LogP contribution < -0.4 is 5.32 Å². The van der Waals surface area contributed by atoms with E-state index in [1.165, 1.54) is 25.7 Å². The van der Waals surface area contributed by atoms with Gasteiger partial charge in [-0.15, -0.1) is 0 Å². The van der Waals surface area contributed by atoms with Crippen molar-refractivity contribution in [1.29, 1.82) is 0 Å². The molecule has 1 fully saturated rings. The minimum Gasteiger partial charge on any atom is -0.315 e. The quantitative estimate of drug-likeness (QED) is 0.685. The van der Waals surface area contributed by atoms with Crippen LogP contribution >= 0.6 is 0 Å². The molecule has 1 N–H and O–H groups in total. The van der Waals surface area contributed by atoms with Gasteiger partial charge in [-0.05, 0) is 32.4 Å². The highest BCUT2D eigenvalue weighted by Crippen LogP contribution is 2.32. The normalized spacial score (nSPS) is 21.8.